The lowest BCUT2D eigenvalue weighted by atomic mass is 10.2. The van der Waals surface area contributed by atoms with Crippen LogP contribution >= 0.6 is 11.8 Å². The molecule has 3 rings (SSSR count). The number of pyridine rings is 1. The van der Waals surface area contributed by atoms with Gasteiger partial charge in [-0.25, -0.2) is 9.97 Å². The smallest absolute Gasteiger partial charge is 0.160 e. The first kappa shape index (κ1) is 12.6. The van der Waals surface area contributed by atoms with Crippen LogP contribution in [-0.4, -0.2) is 20.2 Å². The van der Waals surface area contributed by atoms with Crippen molar-refractivity contribution < 1.29 is 0 Å². The third-order valence-corrected chi connectivity index (χ3v) is 4.61. The van der Waals surface area contributed by atoms with Gasteiger partial charge in [0, 0.05) is 28.9 Å². The first-order valence-electron chi connectivity index (χ1n) is 6.74. The number of rotatable bonds is 3. The normalized spacial score (nSPS) is 15.8. The highest BCUT2D eigenvalue weighted by molar-refractivity contribution is 7.99. The fraction of sp³-hybridized carbons (Fsp3) is 0.400. The van der Waals surface area contributed by atoms with Crippen molar-refractivity contribution in [3.05, 3.63) is 36.3 Å². The molecule has 0 spiro atoms. The van der Waals surface area contributed by atoms with Gasteiger partial charge in [0.1, 0.15) is 5.03 Å². The van der Waals surface area contributed by atoms with Crippen LogP contribution in [0.25, 0.3) is 11.4 Å². The van der Waals surface area contributed by atoms with Crippen molar-refractivity contribution >= 4 is 11.8 Å². The summed E-state index contributed by atoms with van der Waals surface area (Å²) < 4.78 is 0. The zero-order valence-corrected chi connectivity index (χ0v) is 11.9. The molecule has 98 valence electrons. The van der Waals surface area contributed by atoms with E-state index in [1.165, 1.54) is 25.7 Å². The molecule has 2 aromatic rings. The van der Waals surface area contributed by atoms with E-state index in [9.17, 15) is 0 Å². The van der Waals surface area contributed by atoms with Gasteiger partial charge < -0.3 is 0 Å². The van der Waals surface area contributed by atoms with Gasteiger partial charge in [-0.2, -0.15) is 0 Å². The van der Waals surface area contributed by atoms with Gasteiger partial charge in [0.2, 0.25) is 0 Å². The van der Waals surface area contributed by atoms with E-state index in [1.54, 1.807) is 12.4 Å². The van der Waals surface area contributed by atoms with E-state index in [2.05, 4.69) is 16.0 Å². The number of hydrogen-bond donors (Lipinski definition) is 0. The molecule has 1 aliphatic carbocycles. The molecule has 4 heteroatoms. The number of hydrogen-bond acceptors (Lipinski definition) is 4. The highest BCUT2D eigenvalue weighted by Gasteiger charge is 2.17. The van der Waals surface area contributed by atoms with E-state index in [0.717, 1.165) is 27.4 Å². The van der Waals surface area contributed by atoms with Gasteiger partial charge in [0.05, 0.1) is 0 Å². The lowest BCUT2D eigenvalue weighted by Gasteiger charge is -2.09. The van der Waals surface area contributed by atoms with Crippen LogP contribution in [0.15, 0.2) is 35.6 Å². The van der Waals surface area contributed by atoms with Crippen LogP contribution in [-0.2, 0) is 0 Å². The van der Waals surface area contributed by atoms with Gasteiger partial charge >= 0.3 is 0 Å². The number of thioether (sulfide) groups is 1. The Morgan fingerprint density at radius 1 is 1.11 bits per heavy atom. The topological polar surface area (TPSA) is 38.7 Å². The molecule has 0 atom stereocenters. The van der Waals surface area contributed by atoms with Crippen LogP contribution in [0, 0.1) is 6.92 Å². The standard InChI is InChI=1S/C15H17N3S/c1-11-10-14(19-13-4-2-3-5-13)18-15(17-11)12-6-8-16-9-7-12/h6-10,13H,2-5H2,1H3. The van der Waals surface area contributed by atoms with Gasteiger partial charge in [0.15, 0.2) is 5.82 Å². The molecule has 1 fully saturated rings. The van der Waals surface area contributed by atoms with Crippen molar-refractivity contribution in [1.82, 2.24) is 15.0 Å². The molecule has 0 saturated heterocycles. The van der Waals surface area contributed by atoms with Crippen LogP contribution in [0.2, 0.25) is 0 Å². The maximum atomic E-state index is 4.69. The van der Waals surface area contributed by atoms with Gasteiger partial charge in [-0.3, -0.25) is 4.98 Å². The number of nitrogens with zero attached hydrogens (tertiary/aromatic N) is 3. The van der Waals surface area contributed by atoms with Gasteiger partial charge in [0.25, 0.3) is 0 Å². The van der Waals surface area contributed by atoms with Crippen LogP contribution in [0.5, 0.6) is 0 Å². The minimum absolute atomic E-state index is 0.736. The van der Waals surface area contributed by atoms with Crippen molar-refractivity contribution in [2.24, 2.45) is 0 Å². The summed E-state index contributed by atoms with van der Waals surface area (Å²) in [6.07, 6.45) is 8.92. The highest BCUT2D eigenvalue weighted by atomic mass is 32.2. The van der Waals surface area contributed by atoms with E-state index < -0.39 is 0 Å². The molecule has 0 aliphatic heterocycles. The summed E-state index contributed by atoms with van der Waals surface area (Å²) in [5.74, 6) is 0.808. The molecule has 0 radical (unpaired) electrons. The Bertz CT molecular complexity index is 551. The molecule has 0 aromatic carbocycles. The maximum Gasteiger partial charge on any atom is 0.160 e. The molecule has 19 heavy (non-hydrogen) atoms. The van der Waals surface area contributed by atoms with Crippen molar-refractivity contribution in [3.63, 3.8) is 0 Å². The van der Waals surface area contributed by atoms with E-state index in [1.807, 2.05) is 30.8 Å². The Balaban J connectivity index is 1.87. The first-order valence-corrected chi connectivity index (χ1v) is 7.62. The molecule has 3 nitrogen and oxygen atoms in total. The van der Waals surface area contributed by atoms with Crippen molar-refractivity contribution in [2.75, 3.05) is 0 Å². The first-order chi connectivity index (χ1) is 9.31. The molecule has 0 unspecified atom stereocenters. The van der Waals surface area contributed by atoms with E-state index in [4.69, 9.17) is 4.98 Å². The SMILES string of the molecule is Cc1cc(SC2CCCC2)nc(-c2ccncc2)n1. The second-order valence-electron chi connectivity index (χ2n) is 4.93. The quantitative estimate of drug-likeness (QED) is 0.794. The van der Waals surface area contributed by atoms with Crippen LogP contribution in [0.4, 0.5) is 0 Å². The monoisotopic (exact) mass is 271 g/mol. The van der Waals surface area contributed by atoms with Crippen molar-refractivity contribution in [2.45, 2.75) is 42.9 Å². The van der Waals surface area contributed by atoms with Gasteiger partial charge in [-0.05, 0) is 38.0 Å². The molecule has 1 aliphatic rings. The van der Waals surface area contributed by atoms with Crippen LogP contribution < -0.4 is 0 Å². The minimum atomic E-state index is 0.736. The van der Waals surface area contributed by atoms with Crippen molar-refractivity contribution in [1.29, 1.82) is 0 Å². The summed E-state index contributed by atoms with van der Waals surface area (Å²) in [6, 6.07) is 6.01. The molecule has 2 aromatic heterocycles. The van der Waals surface area contributed by atoms with Crippen LogP contribution in [0.3, 0.4) is 0 Å². The largest absolute Gasteiger partial charge is 0.265 e. The second kappa shape index (κ2) is 5.70. The van der Waals surface area contributed by atoms with Gasteiger partial charge in [-0.1, -0.05) is 12.8 Å². The van der Waals surface area contributed by atoms with Crippen LogP contribution in [0.1, 0.15) is 31.4 Å². The average molecular weight is 271 g/mol. The lowest BCUT2D eigenvalue weighted by molar-refractivity contribution is 0.886. The Morgan fingerprint density at radius 2 is 1.84 bits per heavy atom. The zero-order valence-electron chi connectivity index (χ0n) is 11.0. The lowest BCUT2D eigenvalue weighted by Crippen LogP contribution is -1.98. The summed E-state index contributed by atoms with van der Waals surface area (Å²) >= 11 is 1.91. The fourth-order valence-corrected chi connectivity index (χ4v) is 3.70. The molecule has 0 N–H and O–H groups in total. The zero-order chi connectivity index (χ0) is 13.1. The Hall–Kier alpha value is -1.42. The molecule has 0 bridgehead atoms. The predicted octanol–water partition coefficient (Wildman–Crippen LogP) is 3.88. The highest BCUT2D eigenvalue weighted by Crippen LogP contribution is 2.34. The molecule has 2 heterocycles. The minimum Gasteiger partial charge on any atom is -0.265 e. The summed E-state index contributed by atoms with van der Waals surface area (Å²) in [5, 5.41) is 1.84. The average Bonchev–Trinajstić information content (AvgIpc) is 2.92. The summed E-state index contributed by atoms with van der Waals surface area (Å²) in [6.45, 7) is 2.03. The Labute approximate surface area is 117 Å². The van der Waals surface area contributed by atoms with E-state index >= 15 is 0 Å². The number of aryl methyl sites for hydroxylation is 1. The molecular weight excluding hydrogens is 254 g/mol. The van der Waals surface area contributed by atoms with E-state index in [-0.39, 0.29) is 0 Å². The Morgan fingerprint density at radius 3 is 2.58 bits per heavy atom. The third-order valence-electron chi connectivity index (χ3n) is 3.36. The Kier molecular flexibility index (Phi) is 3.78. The third kappa shape index (κ3) is 3.13. The van der Waals surface area contributed by atoms with E-state index in [0.29, 0.717) is 0 Å². The summed E-state index contributed by atoms with van der Waals surface area (Å²) in [4.78, 5) is 13.3. The predicted molar refractivity (Wildman–Crippen MR) is 78.1 cm³/mol. The molecular formula is C15H17N3S. The molecule has 1 saturated carbocycles. The van der Waals surface area contributed by atoms with Crippen molar-refractivity contribution in [3.8, 4) is 11.4 Å². The summed E-state index contributed by atoms with van der Waals surface area (Å²) in [7, 11) is 0. The summed E-state index contributed by atoms with van der Waals surface area (Å²) in [5.41, 5.74) is 2.06. The second-order valence-corrected chi connectivity index (χ2v) is 6.25. The maximum absolute atomic E-state index is 4.69. The number of aromatic nitrogens is 3. The van der Waals surface area contributed by atoms with Gasteiger partial charge in [-0.15, -0.1) is 11.8 Å². The fourth-order valence-electron chi connectivity index (χ4n) is 2.41. The molecule has 0 amide bonds.